The van der Waals surface area contributed by atoms with E-state index in [-0.39, 0.29) is 0 Å². The summed E-state index contributed by atoms with van der Waals surface area (Å²) in [6.07, 6.45) is 6.44. The van der Waals surface area contributed by atoms with Crippen molar-refractivity contribution in [1.82, 2.24) is 0 Å². The largest absolute Gasteiger partial charge is 0.494 e. The third-order valence-corrected chi connectivity index (χ3v) is 3.09. The second kappa shape index (κ2) is 5.10. The number of hydrogen-bond acceptors (Lipinski definition) is 3. The first kappa shape index (κ1) is 11.1. The summed E-state index contributed by atoms with van der Waals surface area (Å²) in [5.74, 6) is 1.44. The van der Waals surface area contributed by atoms with Crippen molar-refractivity contribution >= 4 is 5.69 Å². The first-order valence-electron chi connectivity index (χ1n) is 5.90. The highest BCUT2D eigenvalue weighted by molar-refractivity contribution is 5.62. The fraction of sp³-hybridized carbons (Fsp3) is 0.538. The van der Waals surface area contributed by atoms with E-state index in [1.807, 2.05) is 18.2 Å². The summed E-state index contributed by atoms with van der Waals surface area (Å²) in [6.45, 7) is 0. The Hall–Kier alpha value is -1.38. The predicted octanol–water partition coefficient (Wildman–Crippen LogP) is 2.99. The molecule has 0 saturated heterocycles. The summed E-state index contributed by atoms with van der Waals surface area (Å²) in [5, 5.41) is 0. The van der Waals surface area contributed by atoms with E-state index in [0.29, 0.717) is 17.5 Å². The van der Waals surface area contributed by atoms with E-state index < -0.39 is 0 Å². The van der Waals surface area contributed by atoms with Gasteiger partial charge >= 0.3 is 0 Å². The zero-order chi connectivity index (χ0) is 11.4. The van der Waals surface area contributed by atoms with E-state index in [4.69, 9.17) is 15.2 Å². The number of rotatable bonds is 3. The highest BCUT2D eigenvalue weighted by atomic mass is 16.5. The number of para-hydroxylation sites is 1. The highest BCUT2D eigenvalue weighted by Crippen LogP contribution is 2.33. The van der Waals surface area contributed by atoms with Crippen LogP contribution in [0.4, 0.5) is 5.69 Å². The average molecular weight is 221 g/mol. The van der Waals surface area contributed by atoms with Crippen LogP contribution in [-0.2, 0) is 0 Å². The van der Waals surface area contributed by atoms with E-state index in [0.717, 1.165) is 18.6 Å². The van der Waals surface area contributed by atoms with Gasteiger partial charge < -0.3 is 15.2 Å². The van der Waals surface area contributed by atoms with Crippen molar-refractivity contribution in [2.24, 2.45) is 0 Å². The molecule has 0 heterocycles. The number of nitrogen functional groups attached to an aromatic ring is 1. The van der Waals surface area contributed by atoms with Crippen molar-refractivity contribution in [2.45, 2.75) is 38.2 Å². The lowest BCUT2D eigenvalue weighted by molar-refractivity contribution is 0.155. The van der Waals surface area contributed by atoms with Gasteiger partial charge in [0.2, 0.25) is 0 Å². The fourth-order valence-corrected chi connectivity index (χ4v) is 2.17. The first-order valence-corrected chi connectivity index (χ1v) is 5.90. The van der Waals surface area contributed by atoms with Gasteiger partial charge in [0.1, 0.15) is 17.2 Å². The second-order valence-electron chi connectivity index (χ2n) is 4.25. The van der Waals surface area contributed by atoms with Gasteiger partial charge in [-0.15, -0.1) is 0 Å². The summed E-state index contributed by atoms with van der Waals surface area (Å²) in [7, 11) is 1.62. The van der Waals surface area contributed by atoms with Crippen LogP contribution in [0.1, 0.15) is 32.1 Å². The Morgan fingerprint density at radius 1 is 1.12 bits per heavy atom. The Morgan fingerprint density at radius 3 is 2.50 bits per heavy atom. The molecule has 1 aromatic carbocycles. The van der Waals surface area contributed by atoms with Crippen molar-refractivity contribution in [2.75, 3.05) is 12.8 Å². The lowest BCUT2D eigenvalue weighted by Gasteiger charge is -2.24. The van der Waals surface area contributed by atoms with Crippen LogP contribution >= 0.6 is 0 Å². The van der Waals surface area contributed by atoms with Gasteiger partial charge in [-0.05, 0) is 37.8 Å². The van der Waals surface area contributed by atoms with Crippen molar-refractivity contribution in [3.05, 3.63) is 18.2 Å². The van der Waals surface area contributed by atoms with Gasteiger partial charge in [-0.2, -0.15) is 0 Å². The van der Waals surface area contributed by atoms with E-state index >= 15 is 0 Å². The molecule has 1 aliphatic carbocycles. The molecule has 3 heteroatoms. The minimum Gasteiger partial charge on any atom is -0.494 e. The first-order chi connectivity index (χ1) is 7.81. The highest BCUT2D eigenvalue weighted by Gasteiger charge is 2.16. The Kier molecular flexibility index (Phi) is 3.54. The molecule has 16 heavy (non-hydrogen) atoms. The molecular weight excluding hydrogens is 202 g/mol. The smallest absolute Gasteiger partial charge is 0.146 e. The van der Waals surface area contributed by atoms with Crippen molar-refractivity contribution in [3.63, 3.8) is 0 Å². The summed E-state index contributed by atoms with van der Waals surface area (Å²) < 4.78 is 11.1. The lowest BCUT2D eigenvalue weighted by Crippen LogP contribution is -2.20. The van der Waals surface area contributed by atoms with Gasteiger partial charge in [0, 0.05) is 0 Å². The average Bonchev–Trinajstić information content (AvgIpc) is 2.33. The molecule has 1 aliphatic rings. The summed E-state index contributed by atoms with van der Waals surface area (Å²) in [6, 6.07) is 5.67. The molecule has 1 fully saturated rings. The van der Waals surface area contributed by atoms with Crippen LogP contribution in [0.3, 0.4) is 0 Å². The maximum atomic E-state index is 5.96. The van der Waals surface area contributed by atoms with E-state index in [2.05, 4.69) is 0 Å². The van der Waals surface area contributed by atoms with E-state index in [9.17, 15) is 0 Å². The predicted molar refractivity (Wildman–Crippen MR) is 64.9 cm³/mol. The monoisotopic (exact) mass is 221 g/mol. The van der Waals surface area contributed by atoms with Crippen LogP contribution in [0.25, 0.3) is 0 Å². The zero-order valence-corrected chi connectivity index (χ0v) is 9.74. The third kappa shape index (κ3) is 2.40. The SMILES string of the molecule is COc1cccc(OC2CCCCC2)c1N. The van der Waals surface area contributed by atoms with Crippen LogP contribution in [0, 0.1) is 0 Å². The third-order valence-electron chi connectivity index (χ3n) is 3.09. The van der Waals surface area contributed by atoms with Crippen molar-refractivity contribution in [1.29, 1.82) is 0 Å². The number of ether oxygens (including phenoxy) is 2. The Labute approximate surface area is 96.5 Å². The maximum absolute atomic E-state index is 5.96. The molecule has 0 spiro atoms. The summed E-state index contributed by atoms with van der Waals surface area (Å²) >= 11 is 0. The molecule has 0 atom stereocenters. The summed E-state index contributed by atoms with van der Waals surface area (Å²) in [5.41, 5.74) is 6.57. The molecule has 2 rings (SSSR count). The van der Waals surface area contributed by atoms with Gasteiger partial charge in [0.15, 0.2) is 0 Å². The molecule has 0 amide bonds. The van der Waals surface area contributed by atoms with Gasteiger partial charge in [0.05, 0.1) is 13.2 Å². The number of anilines is 1. The van der Waals surface area contributed by atoms with Crippen LogP contribution in [0.2, 0.25) is 0 Å². The molecule has 1 saturated carbocycles. The van der Waals surface area contributed by atoms with Gasteiger partial charge in [-0.25, -0.2) is 0 Å². The molecular formula is C13H19NO2. The molecule has 0 aromatic heterocycles. The van der Waals surface area contributed by atoms with Gasteiger partial charge in [-0.1, -0.05) is 12.5 Å². The molecule has 88 valence electrons. The number of benzene rings is 1. The molecule has 3 nitrogen and oxygen atoms in total. The summed E-state index contributed by atoms with van der Waals surface area (Å²) in [4.78, 5) is 0. The Balaban J connectivity index is 2.08. The van der Waals surface area contributed by atoms with Crippen molar-refractivity contribution < 1.29 is 9.47 Å². The minimum atomic E-state index is 0.322. The normalized spacial score (nSPS) is 17.1. The van der Waals surface area contributed by atoms with Crippen LogP contribution < -0.4 is 15.2 Å². The molecule has 0 unspecified atom stereocenters. The lowest BCUT2D eigenvalue weighted by atomic mass is 9.98. The number of hydrogen-bond donors (Lipinski definition) is 1. The maximum Gasteiger partial charge on any atom is 0.146 e. The van der Waals surface area contributed by atoms with Crippen molar-refractivity contribution in [3.8, 4) is 11.5 Å². The van der Waals surface area contributed by atoms with Crippen LogP contribution in [-0.4, -0.2) is 13.2 Å². The van der Waals surface area contributed by atoms with E-state index in [1.54, 1.807) is 7.11 Å². The molecule has 0 aliphatic heterocycles. The Morgan fingerprint density at radius 2 is 1.81 bits per heavy atom. The molecule has 2 N–H and O–H groups in total. The molecule has 0 radical (unpaired) electrons. The van der Waals surface area contributed by atoms with Crippen LogP contribution in [0.15, 0.2) is 18.2 Å². The zero-order valence-electron chi connectivity index (χ0n) is 9.74. The second-order valence-corrected chi connectivity index (χ2v) is 4.25. The number of methoxy groups -OCH3 is 1. The van der Waals surface area contributed by atoms with E-state index in [1.165, 1.54) is 19.3 Å². The quantitative estimate of drug-likeness (QED) is 0.798. The number of nitrogens with two attached hydrogens (primary N) is 1. The molecule has 1 aromatic rings. The molecule has 0 bridgehead atoms. The van der Waals surface area contributed by atoms with Gasteiger partial charge in [-0.3, -0.25) is 0 Å². The standard InChI is InChI=1S/C13H19NO2/c1-15-11-8-5-9-12(13(11)14)16-10-6-3-2-4-7-10/h5,8-10H,2-4,6-7,14H2,1H3. The fourth-order valence-electron chi connectivity index (χ4n) is 2.17. The Bertz CT molecular complexity index is 346. The minimum absolute atomic E-state index is 0.322. The topological polar surface area (TPSA) is 44.5 Å². The van der Waals surface area contributed by atoms with Crippen LogP contribution in [0.5, 0.6) is 11.5 Å². The van der Waals surface area contributed by atoms with Gasteiger partial charge in [0.25, 0.3) is 0 Å².